The van der Waals surface area contributed by atoms with E-state index in [9.17, 15) is 9.59 Å². The molecule has 0 N–H and O–H groups in total. The zero-order valence-electron chi connectivity index (χ0n) is 12.7. The minimum absolute atomic E-state index is 0.200. The first-order chi connectivity index (χ1) is 10.00. The van der Waals surface area contributed by atoms with Crippen molar-refractivity contribution in [1.82, 2.24) is 0 Å². The topological polar surface area (TPSA) is 43.4 Å². The molecule has 0 aliphatic heterocycles. The van der Waals surface area contributed by atoms with Crippen LogP contribution in [0.25, 0.3) is 6.08 Å². The van der Waals surface area contributed by atoms with Crippen molar-refractivity contribution < 1.29 is 14.3 Å². The van der Waals surface area contributed by atoms with Crippen molar-refractivity contribution in [3.63, 3.8) is 0 Å². The van der Waals surface area contributed by atoms with Crippen LogP contribution in [0.1, 0.15) is 39.2 Å². The van der Waals surface area contributed by atoms with E-state index in [0.29, 0.717) is 12.8 Å². The fraction of sp³-hybridized carbons (Fsp3) is 0.412. The second-order valence-electron chi connectivity index (χ2n) is 4.76. The van der Waals surface area contributed by atoms with Crippen molar-refractivity contribution >= 4 is 33.8 Å². The van der Waals surface area contributed by atoms with Gasteiger partial charge in [-0.3, -0.25) is 9.59 Å². The second-order valence-corrected chi connectivity index (χ2v) is 5.67. The smallest absolute Gasteiger partial charge is 0.319 e. The Labute approximate surface area is 134 Å². The Bertz CT molecular complexity index is 513. The van der Waals surface area contributed by atoms with Gasteiger partial charge in [-0.2, -0.15) is 0 Å². The van der Waals surface area contributed by atoms with Gasteiger partial charge in [-0.15, -0.1) is 0 Å². The van der Waals surface area contributed by atoms with E-state index in [1.54, 1.807) is 13.0 Å². The lowest BCUT2D eigenvalue weighted by molar-refractivity contribution is -0.159. The van der Waals surface area contributed by atoms with Gasteiger partial charge in [-0.1, -0.05) is 48.0 Å². The maximum absolute atomic E-state index is 12.5. The molecular formula is C17H21BrO3. The third-order valence-corrected chi connectivity index (χ3v) is 4.17. The number of carbonyl (C=O) groups excluding carboxylic acids is 2. The number of hydrogen-bond donors (Lipinski definition) is 0. The summed E-state index contributed by atoms with van der Waals surface area (Å²) in [5.41, 5.74) is -0.154. The van der Waals surface area contributed by atoms with Gasteiger partial charge in [0.25, 0.3) is 0 Å². The SMILES string of the molecule is CCOC(=O)C(CC)(CC)C(=O)/C=C/c1ccc(Br)cc1. The van der Waals surface area contributed by atoms with Crippen LogP contribution in [0, 0.1) is 5.41 Å². The predicted octanol–water partition coefficient (Wildman–Crippen LogP) is 4.40. The molecule has 0 heterocycles. The highest BCUT2D eigenvalue weighted by molar-refractivity contribution is 9.10. The van der Waals surface area contributed by atoms with Gasteiger partial charge in [-0.25, -0.2) is 0 Å². The summed E-state index contributed by atoms with van der Waals surface area (Å²) in [6.07, 6.45) is 4.08. The number of hydrogen-bond acceptors (Lipinski definition) is 3. The summed E-state index contributed by atoms with van der Waals surface area (Å²) in [4.78, 5) is 24.6. The Hall–Kier alpha value is -1.42. The summed E-state index contributed by atoms with van der Waals surface area (Å²) in [6.45, 7) is 5.71. The predicted molar refractivity (Wildman–Crippen MR) is 87.8 cm³/mol. The van der Waals surface area contributed by atoms with Crippen molar-refractivity contribution in [3.8, 4) is 0 Å². The van der Waals surface area contributed by atoms with Crippen molar-refractivity contribution in [2.45, 2.75) is 33.6 Å². The van der Waals surface area contributed by atoms with Gasteiger partial charge in [0, 0.05) is 4.47 Å². The fourth-order valence-electron chi connectivity index (χ4n) is 2.16. The Morgan fingerprint density at radius 2 is 1.71 bits per heavy atom. The molecule has 3 nitrogen and oxygen atoms in total. The van der Waals surface area contributed by atoms with E-state index in [1.165, 1.54) is 6.08 Å². The quantitative estimate of drug-likeness (QED) is 0.415. The minimum atomic E-state index is -1.07. The summed E-state index contributed by atoms with van der Waals surface area (Å²) in [6, 6.07) is 7.61. The number of benzene rings is 1. The van der Waals surface area contributed by atoms with Crippen molar-refractivity contribution in [1.29, 1.82) is 0 Å². The molecule has 0 unspecified atom stereocenters. The molecule has 0 bridgehead atoms. The Morgan fingerprint density at radius 1 is 1.14 bits per heavy atom. The Morgan fingerprint density at radius 3 is 2.19 bits per heavy atom. The first kappa shape index (κ1) is 17.6. The van der Waals surface area contributed by atoms with Crippen molar-refractivity contribution in [2.24, 2.45) is 5.41 Å². The molecule has 1 rings (SSSR count). The molecule has 4 heteroatoms. The van der Waals surface area contributed by atoms with Crippen LogP contribution < -0.4 is 0 Å². The van der Waals surface area contributed by atoms with Crippen LogP contribution in [0.2, 0.25) is 0 Å². The number of allylic oxidation sites excluding steroid dienone is 1. The molecule has 0 aliphatic carbocycles. The molecule has 0 amide bonds. The van der Waals surface area contributed by atoms with E-state index in [1.807, 2.05) is 38.1 Å². The van der Waals surface area contributed by atoms with E-state index in [4.69, 9.17) is 4.74 Å². The zero-order valence-corrected chi connectivity index (χ0v) is 14.3. The van der Waals surface area contributed by atoms with Crippen LogP contribution in [0.3, 0.4) is 0 Å². The third kappa shape index (κ3) is 4.27. The van der Waals surface area contributed by atoms with Crippen LogP contribution in [-0.2, 0) is 14.3 Å². The molecule has 0 radical (unpaired) electrons. The molecule has 0 fully saturated rings. The third-order valence-electron chi connectivity index (χ3n) is 3.64. The summed E-state index contributed by atoms with van der Waals surface area (Å²) in [7, 11) is 0. The molecule has 0 aromatic heterocycles. The zero-order chi connectivity index (χ0) is 15.9. The Balaban J connectivity index is 2.96. The molecule has 21 heavy (non-hydrogen) atoms. The molecule has 0 saturated carbocycles. The lowest BCUT2D eigenvalue weighted by atomic mass is 9.78. The number of esters is 1. The molecule has 0 spiro atoms. The highest BCUT2D eigenvalue weighted by atomic mass is 79.9. The lowest BCUT2D eigenvalue weighted by Gasteiger charge is -2.26. The van der Waals surface area contributed by atoms with E-state index < -0.39 is 11.4 Å². The number of carbonyl (C=O) groups is 2. The van der Waals surface area contributed by atoms with Gasteiger partial charge < -0.3 is 4.74 Å². The molecule has 0 aliphatic rings. The summed E-state index contributed by atoms with van der Waals surface area (Å²) < 4.78 is 6.06. The van der Waals surface area contributed by atoms with Gasteiger partial charge in [-0.05, 0) is 43.5 Å². The number of rotatable bonds is 7. The maximum Gasteiger partial charge on any atom is 0.319 e. The molecule has 0 atom stereocenters. The van der Waals surface area contributed by atoms with E-state index in [2.05, 4.69) is 15.9 Å². The van der Waals surface area contributed by atoms with Gasteiger partial charge in [0.1, 0.15) is 5.41 Å². The highest BCUT2D eigenvalue weighted by Gasteiger charge is 2.42. The normalized spacial score (nSPS) is 11.6. The van der Waals surface area contributed by atoms with Crippen LogP contribution in [0.5, 0.6) is 0 Å². The largest absolute Gasteiger partial charge is 0.465 e. The van der Waals surface area contributed by atoms with Crippen LogP contribution in [-0.4, -0.2) is 18.4 Å². The monoisotopic (exact) mass is 352 g/mol. The second kappa shape index (κ2) is 8.13. The summed E-state index contributed by atoms with van der Waals surface area (Å²) in [5, 5.41) is 0. The standard InChI is InChI=1S/C17H21BrO3/c1-4-17(5-2,16(20)21-6-3)15(19)12-9-13-7-10-14(18)11-8-13/h7-12H,4-6H2,1-3H3/b12-9+. The van der Waals surface area contributed by atoms with E-state index in [-0.39, 0.29) is 12.4 Å². The lowest BCUT2D eigenvalue weighted by Crippen LogP contribution is -2.38. The van der Waals surface area contributed by atoms with Gasteiger partial charge in [0.2, 0.25) is 0 Å². The van der Waals surface area contributed by atoms with E-state index >= 15 is 0 Å². The first-order valence-electron chi connectivity index (χ1n) is 7.15. The maximum atomic E-state index is 12.5. The molecule has 0 saturated heterocycles. The first-order valence-corrected chi connectivity index (χ1v) is 7.94. The number of halogens is 1. The van der Waals surface area contributed by atoms with E-state index in [0.717, 1.165) is 10.0 Å². The van der Waals surface area contributed by atoms with Gasteiger partial charge in [0.15, 0.2) is 5.78 Å². The van der Waals surface area contributed by atoms with Crippen LogP contribution in [0.4, 0.5) is 0 Å². The molecule has 1 aromatic carbocycles. The summed E-state index contributed by atoms with van der Waals surface area (Å²) in [5.74, 6) is -0.630. The van der Waals surface area contributed by atoms with Crippen molar-refractivity contribution in [2.75, 3.05) is 6.61 Å². The highest BCUT2D eigenvalue weighted by Crippen LogP contribution is 2.30. The molecular weight excluding hydrogens is 332 g/mol. The number of ether oxygens (including phenoxy) is 1. The molecule has 1 aromatic rings. The van der Waals surface area contributed by atoms with Crippen molar-refractivity contribution in [3.05, 3.63) is 40.4 Å². The van der Waals surface area contributed by atoms with Gasteiger partial charge >= 0.3 is 5.97 Å². The summed E-state index contributed by atoms with van der Waals surface area (Å²) >= 11 is 3.36. The van der Waals surface area contributed by atoms with Crippen LogP contribution in [0.15, 0.2) is 34.8 Å². The molecule has 114 valence electrons. The average molecular weight is 353 g/mol. The minimum Gasteiger partial charge on any atom is -0.465 e. The number of ketones is 1. The van der Waals surface area contributed by atoms with Crippen LogP contribution >= 0.6 is 15.9 Å². The fourth-order valence-corrected chi connectivity index (χ4v) is 2.43. The van der Waals surface area contributed by atoms with Gasteiger partial charge in [0.05, 0.1) is 6.61 Å². The average Bonchev–Trinajstić information content (AvgIpc) is 2.49. The Kier molecular flexibility index (Phi) is 6.82.